The molecule has 0 saturated carbocycles. The van der Waals surface area contributed by atoms with E-state index in [1.54, 1.807) is 12.1 Å². The SMILES string of the molecule is NCCNc1ccc(N)cc1C(=O)NCCS(=O)(=O)O. The first-order chi connectivity index (χ1) is 9.33. The molecule has 20 heavy (non-hydrogen) atoms. The Labute approximate surface area is 117 Å². The van der Waals surface area contributed by atoms with E-state index in [1.165, 1.54) is 6.07 Å². The zero-order valence-corrected chi connectivity index (χ0v) is 11.6. The summed E-state index contributed by atoms with van der Waals surface area (Å²) >= 11 is 0. The van der Waals surface area contributed by atoms with E-state index in [4.69, 9.17) is 16.0 Å². The Bertz CT molecular complexity index is 574. The molecular formula is C11H18N4O4S. The van der Waals surface area contributed by atoms with Crippen molar-refractivity contribution in [3.63, 3.8) is 0 Å². The van der Waals surface area contributed by atoms with Gasteiger partial charge in [0.05, 0.1) is 11.3 Å². The number of anilines is 2. The van der Waals surface area contributed by atoms with Crippen molar-refractivity contribution in [1.82, 2.24) is 5.32 Å². The van der Waals surface area contributed by atoms with Crippen LogP contribution in [0.1, 0.15) is 10.4 Å². The van der Waals surface area contributed by atoms with Gasteiger partial charge in [0, 0.05) is 31.0 Å². The fourth-order valence-corrected chi connectivity index (χ4v) is 1.86. The lowest BCUT2D eigenvalue weighted by Gasteiger charge is -2.12. The third kappa shape index (κ3) is 5.43. The summed E-state index contributed by atoms with van der Waals surface area (Å²) < 4.78 is 29.7. The zero-order chi connectivity index (χ0) is 15.2. The second kappa shape index (κ2) is 7.08. The Morgan fingerprint density at radius 1 is 1.30 bits per heavy atom. The van der Waals surface area contributed by atoms with Gasteiger partial charge in [-0.05, 0) is 18.2 Å². The van der Waals surface area contributed by atoms with Crippen LogP contribution in [0.4, 0.5) is 11.4 Å². The van der Waals surface area contributed by atoms with E-state index in [-0.39, 0.29) is 12.1 Å². The maximum Gasteiger partial charge on any atom is 0.266 e. The van der Waals surface area contributed by atoms with Gasteiger partial charge < -0.3 is 22.1 Å². The van der Waals surface area contributed by atoms with Crippen LogP contribution in [0.25, 0.3) is 0 Å². The molecule has 1 aromatic carbocycles. The van der Waals surface area contributed by atoms with E-state index in [9.17, 15) is 13.2 Å². The average Bonchev–Trinajstić information content (AvgIpc) is 2.35. The molecule has 1 aromatic rings. The molecule has 0 atom stereocenters. The van der Waals surface area contributed by atoms with Crippen LogP contribution >= 0.6 is 0 Å². The van der Waals surface area contributed by atoms with Gasteiger partial charge in [-0.3, -0.25) is 9.35 Å². The monoisotopic (exact) mass is 302 g/mol. The molecule has 9 heteroatoms. The minimum Gasteiger partial charge on any atom is -0.399 e. The van der Waals surface area contributed by atoms with Crippen molar-refractivity contribution in [3.8, 4) is 0 Å². The van der Waals surface area contributed by atoms with Gasteiger partial charge in [0.1, 0.15) is 0 Å². The number of carbonyl (C=O) groups is 1. The fraction of sp³-hybridized carbons (Fsp3) is 0.364. The predicted molar refractivity (Wildman–Crippen MR) is 77.1 cm³/mol. The summed E-state index contributed by atoms with van der Waals surface area (Å²) in [6, 6.07) is 4.75. The molecule has 0 aliphatic heterocycles. The Balaban J connectivity index is 2.77. The molecule has 0 radical (unpaired) electrons. The lowest BCUT2D eigenvalue weighted by Crippen LogP contribution is -2.29. The average molecular weight is 302 g/mol. The number of benzene rings is 1. The molecule has 1 rings (SSSR count). The molecule has 0 aromatic heterocycles. The van der Waals surface area contributed by atoms with E-state index < -0.39 is 21.8 Å². The molecule has 0 aliphatic carbocycles. The molecule has 0 spiro atoms. The number of carbonyl (C=O) groups excluding carboxylic acids is 1. The third-order valence-corrected chi connectivity index (χ3v) is 3.11. The first kappa shape index (κ1) is 16.2. The third-order valence-electron chi connectivity index (χ3n) is 2.39. The van der Waals surface area contributed by atoms with Gasteiger partial charge in [0.15, 0.2) is 0 Å². The number of nitrogen functional groups attached to an aromatic ring is 1. The maximum atomic E-state index is 12.0. The van der Waals surface area contributed by atoms with Crippen LogP contribution in [0.5, 0.6) is 0 Å². The van der Waals surface area contributed by atoms with Crippen LogP contribution in [-0.2, 0) is 10.1 Å². The number of hydrogen-bond acceptors (Lipinski definition) is 6. The van der Waals surface area contributed by atoms with Crippen LogP contribution < -0.4 is 22.1 Å². The van der Waals surface area contributed by atoms with Crippen molar-refractivity contribution in [2.75, 3.05) is 36.4 Å². The van der Waals surface area contributed by atoms with Gasteiger partial charge in [-0.25, -0.2) is 0 Å². The molecule has 0 heterocycles. The molecule has 0 unspecified atom stereocenters. The lowest BCUT2D eigenvalue weighted by molar-refractivity contribution is 0.0957. The highest BCUT2D eigenvalue weighted by molar-refractivity contribution is 7.85. The largest absolute Gasteiger partial charge is 0.399 e. The van der Waals surface area contributed by atoms with Crippen LogP contribution in [0.15, 0.2) is 18.2 Å². The van der Waals surface area contributed by atoms with Crippen molar-refractivity contribution < 1.29 is 17.8 Å². The molecular weight excluding hydrogens is 284 g/mol. The fourth-order valence-electron chi connectivity index (χ4n) is 1.50. The van der Waals surface area contributed by atoms with Crippen molar-refractivity contribution in [2.45, 2.75) is 0 Å². The summed E-state index contributed by atoms with van der Waals surface area (Å²) in [7, 11) is -4.11. The van der Waals surface area contributed by atoms with E-state index in [1.807, 2.05) is 0 Å². The minimum atomic E-state index is -4.11. The van der Waals surface area contributed by atoms with Crippen LogP contribution in [0, 0.1) is 0 Å². The molecule has 8 nitrogen and oxygen atoms in total. The topological polar surface area (TPSA) is 148 Å². The highest BCUT2D eigenvalue weighted by Gasteiger charge is 2.13. The minimum absolute atomic E-state index is 0.192. The smallest absolute Gasteiger partial charge is 0.266 e. The number of nitrogens with two attached hydrogens (primary N) is 2. The summed E-state index contributed by atoms with van der Waals surface area (Å²) in [6.45, 7) is 0.687. The van der Waals surface area contributed by atoms with Crippen molar-refractivity contribution in [2.24, 2.45) is 5.73 Å². The molecule has 7 N–H and O–H groups in total. The van der Waals surface area contributed by atoms with Crippen LogP contribution in [-0.4, -0.2) is 44.3 Å². The van der Waals surface area contributed by atoms with E-state index >= 15 is 0 Å². The van der Waals surface area contributed by atoms with Crippen molar-refractivity contribution >= 4 is 27.4 Å². The maximum absolute atomic E-state index is 12.0. The molecule has 0 aliphatic rings. The number of rotatable bonds is 7. The summed E-state index contributed by atoms with van der Waals surface area (Å²) in [6.07, 6.45) is 0. The quantitative estimate of drug-likeness (QED) is 0.329. The second-order valence-electron chi connectivity index (χ2n) is 4.06. The van der Waals surface area contributed by atoms with Gasteiger partial charge in [-0.15, -0.1) is 0 Å². The van der Waals surface area contributed by atoms with E-state index in [0.717, 1.165) is 0 Å². The van der Waals surface area contributed by atoms with Crippen molar-refractivity contribution in [1.29, 1.82) is 0 Å². The molecule has 0 bridgehead atoms. The summed E-state index contributed by atoms with van der Waals surface area (Å²) in [5.41, 5.74) is 12.2. The molecule has 1 amide bonds. The second-order valence-corrected chi connectivity index (χ2v) is 5.63. The summed E-state index contributed by atoms with van der Waals surface area (Å²) in [5, 5.41) is 5.36. The Kier molecular flexibility index (Phi) is 5.74. The Hall–Kier alpha value is -1.84. The molecule has 112 valence electrons. The highest BCUT2D eigenvalue weighted by atomic mass is 32.2. The predicted octanol–water partition coefficient (Wildman–Crippen LogP) is -0.743. The van der Waals surface area contributed by atoms with Gasteiger partial charge in [-0.1, -0.05) is 0 Å². The summed E-state index contributed by atoms with van der Waals surface area (Å²) in [5.74, 6) is -1.03. The van der Waals surface area contributed by atoms with E-state index in [0.29, 0.717) is 24.5 Å². The van der Waals surface area contributed by atoms with Gasteiger partial charge in [-0.2, -0.15) is 8.42 Å². The van der Waals surface area contributed by atoms with Gasteiger partial charge in [0.2, 0.25) is 0 Å². The van der Waals surface area contributed by atoms with E-state index in [2.05, 4.69) is 10.6 Å². The Morgan fingerprint density at radius 2 is 2.00 bits per heavy atom. The normalized spacial score (nSPS) is 11.1. The van der Waals surface area contributed by atoms with Crippen LogP contribution in [0.2, 0.25) is 0 Å². The van der Waals surface area contributed by atoms with Crippen molar-refractivity contribution in [3.05, 3.63) is 23.8 Å². The number of hydrogen-bond donors (Lipinski definition) is 5. The summed E-state index contributed by atoms with van der Waals surface area (Å²) in [4.78, 5) is 12.0. The first-order valence-electron chi connectivity index (χ1n) is 5.90. The first-order valence-corrected chi connectivity index (χ1v) is 7.51. The molecule has 0 saturated heterocycles. The van der Waals surface area contributed by atoms with Gasteiger partial charge in [0.25, 0.3) is 16.0 Å². The Morgan fingerprint density at radius 3 is 2.60 bits per heavy atom. The molecule has 0 fully saturated rings. The van der Waals surface area contributed by atoms with Crippen LogP contribution in [0.3, 0.4) is 0 Å². The number of nitrogens with one attached hydrogen (secondary N) is 2. The lowest BCUT2D eigenvalue weighted by atomic mass is 10.1. The zero-order valence-electron chi connectivity index (χ0n) is 10.8. The number of amides is 1. The standard InChI is InChI=1S/C11H18N4O4S/c12-3-4-14-10-2-1-8(13)7-9(10)11(16)15-5-6-20(17,18)19/h1-2,7,14H,3-6,12-13H2,(H,15,16)(H,17,18,19). The van der Waals surface area contributed by atoms with Gasteiger partial charge >= 0.3 is 0 Å². The highest BCUT2D eigenvalue weighted by Crippen LogP contribution is 2.18.